The summed E-state index contributed by atoms with van der Waals surface area (Å²) >= 11 is 0. The Labute approximate surface area is 240 Å². The normalized spacial score (nSPS) is 44.5. The Hall–Kier alpha value is -2.94. The maximum Gasteiger partial charge on any atom is 0.338 e. The van der Waals surface area contributed by atoms with E-state index in [1.54, 1.807) is 67.6 Å². The molecule has 4 saturated heterocycles. The van der Waals surface area contributed by atoms with Crippen molar-refractivity contribution in [2.45, 2.75) is 73.8 Å². The van der Waals surface area contributed by atoms with Gasteiger partial charge in [-0.15, -0.1) is 0 Å². The Balaban J connectivity index is 1.13. The molecular formula is C30H32O12. The van der Waals surface area contributed by atoms with Gasteiger partial charge in [0.1, 0.15) is 48.8 Å². The Morgan fingerprint density at radius 1 is 0.881 bits per heavy atom. The minimum atomic E-state index is -1.69. The van der Waals surface area contributed by atoms with Crippen LogP contribution in [0.2, 0.25) is 0 Å². The van der Waals surface area contributed by atoms with Crippen molar-refractivity contribution in [2.75, 3.05) is 13.2 Å². The highest BCUT2D eigenvalue weighted by Gasteiger charge is 2.94. The molecule has 0 spiro atoms. The Morgan fingerprint density at radius 3 is 2.14 bits per heavy atom. The summed E-state index contributed by atoms with van der Waals surface area (Å²) < 4.78 is 35.7. The Bertz CT molecular complexity index is 1370. The molecule has 4 aliphatic heterocycles. The maximum absolute atomic E-state index is 12.9. The van der Waals surface area contributed by atoms with Crippen molar-refractivity contribution < 1.29 is 58.4 Å². The van der Waals surface area contributed by atoms with Crippen LogP contribution in [-0.4, -0.2) is 99.6 Å². The third-order valence-electron chi connectivity index (χ3n) is 9.78. The summed E-state index contributed by atoms with van der Waals surface area (Å²) in [7, 11) is 0. The first-order valence-electron chi connectivity index (χ1n) is 13.9. The molecule has 12 nitrogen and oxygen atoms in total. The predicted molar refractivity (Wildman–Crippen MR) is 138 cm³/mol. The van der Waals surface area contributed by atoms with Gasteiger partial charge in [-0.1, -0.05) is 36.4 Å². The number of carbonyl (C=O) groups is 2. The summed E-state index contributed by atoms with van der Waals surface area (Å²) in [6, 6.07) is 16.7. The van der Waals surface area contributed by atoms with Crippen LogP contribution in [0.3, 0.4) is 0 Å². The van der Waals surface area contributed by atoms with Gasteiger partial charge in [-0.05, 0) is 37.6 Å². The summed E-state index contributed by atoms with van der Waals surface area (Å²) in [5.41, 5.74) is -2.88. The molecule has 4 heterocycles. The summed E-state index contributed by atoms with van der Waals surface area (Å²) in [4.78, 5) is 25.4. The Morgan fingerprint density at radius 2 is 1.50 bits per heavy atom. The molecule has 0 amide bonds. The lowest BCUT2D eigenvalue weighted by Gasteiger charge is -2.67. The van der Waals surface area contributed by atoms with Crippen molar-refractivity contribution in [3.05, 3.63) is 71.8 Å². The minimum absolute atomic E-state index is 0.0572. The molecule has 2 aromatic rings. The number of rotatable bonds is 8. The van der Waals surface area contributed by atoms with Gasteiger partial charge >= 0.3 is 11.9 Å². The molecule has 12 heteroatoms. The van der Waals surface area contributed by atoms with Gasteiger partial charge in [-0.3, -0.25) is 0 Å². The smallest absolute Gasteiger partial charge is 0.338 e. The fourth-order valence-corrected chi connectivity index (χ4v) is 7.68. The van der Waals surface area contributed by atoms with Gasteiger partial charge in [0.15, 0.2) is 18.4 Å². The Kier molecular flexibility index (Phi) is 6.32. The molecule has 3 aliphatic carbocycles. The molecule has 4 N–H and O–H groups in total. The van der Waals surface area contributed by atoms with Gasteiger partial charge < -0.3 is 48.8 Å². The maximum atomic E-state index is 12.9. The van der Waals surface area contributed by atoms with Crippen LogP contribution in [0, 0.1) is 11.3 Å². The van der Waals surface area contributed by atoms with E-state index in [-0.39, 0.29) is 19.4 Å². The van der Waals surface area contributed by atoms with Crippen molar-refractivity contribution in [3.63, 3.8) is 0 Å². The number of hydrogen-bond acceptors (Lipinski definition) is 12. The van der Waals surface area contributed by atoms with Crippen LogP contribution in [-0.2, 0) is 28.4 Å². The van der Waals surface area contributed by atoms with E-state index in [9.17, 15) is 30.0 Å². The van der Waals surface area contributed by atoms with Gasteiger partial charge in [-0.25, -0.2) is 9.59 Å². The first-order chi connectivity index (χ1) is 20.0. The van der Waals surface area contributed by atoms with Gasteiger partial charge in [-0.2, -0.15) is 0 Å². The second-order valence-electron chi connectivity index (χ2n) is 12.0. The summed E-state index contributed by atoms with van der Waals surface area (Å²) in [6.45, 7) is 1.12. The van der Waals surface area contributed by atoms with E-state index in [1.165, 1.54) is 0 Å². The molecule has 42 heavy (non-hydrogen) atoms. The predicted octanol–water partition coefficient (Wildman–Crippen LogP) is 0.507. The first kappa shape index (κ1) is 27.9. The second-order valence-corrected chi connectivity index (χ2v) is 12.0. The number of carbonyl (C=O) groups excluding carboxylic acids is 2. The molecular weight excluding hydrogens is 552 g/mol. The monoisotopic (exact) mass is 584 g/mol. The standard InChI is InChI=1S/C30H32O12/c1-27-14-29(36)19-12-30(27,28(19,26(41-27)42-29)15-38-24(35)17-10-6-3-7-11-17)40-25-22(33)21(32)20(31)18(39-25)13-37-23(34)16-8-4-2-5-9-16/h2-11,18-22,25-26,31-33,36H,12-15H2,1H3/t18?,19-,20-,21+,22?,25+,26?,27+,28+,29-,30+/m1/s1. The van der Waals surface area contributed by atoms with Gasteiger partial charge in [0.05, 0.1) is 16.5 Å². The quantitative estimate of drug-likeness (QED) is 0.318. The van der Waals surface area contributed by atoms with Crippen LogP contribution >= 0.6 is 0 Å². The second kappa shape index (κ2) is 9.53. The number of ether oxygens (including phenoxy) is 6. The molecule has 0 radical (unpaired) electrons. The summed E-state index contributed by atoms with van der Waals surface area (Å²) in [5, 5.41) is 43.6. The zero-order valence-electron chi connectivity index (χ0n) is 22.7. The number of benzene rings is 2. The van der Waals surface area contributed by atoms with Crippen molar-refractivity contribution in [2.24, 2.45) is 11.3 Å². The number of esters is 2. The van der Waals surface area contributed by atoms with E-state index < -0.39 is 83.9 Å². The minimum Gasteiger partial charge on any atom is -0.461 e. The highest BCUT2D eigenvalue weighted by Crippen LogP contribution is 2.81. The largest absolute Gasteiger partial charge is 0.461 e. The zero-order chi connectivity index (χ0) is 29.5. The lowest BCUT2D eigenvalue weighted by atomic mass is 9.41. The molecule has 6 bridgehead atoms. The van der Waals surface area contributed by atoms with Crippen molar-refractivity contribution in [1.29, 1.82) is 0 Å². The average Bonchev–Trinajstić information content (AvgIpc) is 3.18. The van der Waals surface area contributed by atoms with E-state index in [0.29, 0.717) is 11.1 Å². The summed E-state index contributed by atoms with van der Waals surface area (Å²) in [5.74, 6) is -3.25. The molecule has 2 aromatic carbocycles. The van der Waals surface area contributed by atoms with Crippen molar-refractivity contribution in [1.82, 2.24) is 0 Å². The van der Waals surface area contributed by atoms with E-state index in [2.05, 4.69) is 0 Å². The van der Waals surface area contributed by atoms with Gasteiger partial charge in [0, 0.05) is 12.3 Å². The summed E-state index contributed by atoms with van der Waals surface area (Å²) in [6.07, 6.45) is -8.34. The van der Waals surface area contributed by atoms with E-state index >= 15 is 0 Å². The van der Waals surface area contributed by atoms with E-state index in [1.807, 2.05) is 0 Å². The zero-order valence-corrected chi connectivity index (χ0v) is 22.7. The molecule has 9 rings (SSSR count). The third kappa shape index (κ3) is 3.70. The van der Waals surface area contributed by atoms with Gasteiger partial charge in [0.2, 0.25) is 0 Å². The molecule has 3 saturated carbocycles. The number of aliphatic hydroxyl groups excluding tert-OH is 3. The van der Waals surface area contributed by atoms with Crippen molar-refractivity contribution >= 4 is 11.9 Å². The van der Waals surface area contributed by atoms with Crippen LogP contribution in [0.15, 0.2) is 60.7 Å². The number of aliphatic hydroxyl groups is 4. The van der Waals surface area contributed by atoms with Gasteiger partial charge in [0.25, 0.3) is 0 Å². The van der Waals surface area contributed by atoms with Crippen LogP contribution in [0.1, 0.15) is 40.5 Å². The fraction of sp³-hybridized carbons (Fsp3) is 0.533. The third-order valence-corrected chi connectivity index (χ3v) is 9.78. The lowest BCUT2D eigenvalue weighted by molar-refractivity contribution is -0.424. The van der Waals surface area contributed by atoms with Crippen LogP contribution < -0.4 is 0 Å². The molecule has 0 aromatic heterocycles. The SMILES string of the molecule is C[C@@]12C[C@@]3(O)OC(O1)[C@]1(COC(=O)c4ccccc4)[C@H]3C[C@]21O[C@@H]1OC(COC(=O)c2ccccc2)[C@@H](O)[C@H](O)C1O. The van der Waals surface area contributed by atoms with Crippen LogP contribution in [0.5, 0.6) is 0 Å². The average molecular weight is 585 g/mol. The highest BCUT2D eigenvalue weighted by atomic mass is 16.8. The van der Waals surface area contributed by atoms with Crippen molar-refractivity contribution in [3.8, 4) is 0 Å². The van der Waals surface area contributed by atoms with Crippen LogP contribution in [0.25, 0.3) is 0 Å². The topological polar surface area (TPSA) is 170 Å². The first-order valence-corrected chi connectivity index (χ1v) is 13.9. The highest BCUT2D eigenvalue weighted by molar-refractivity contribution is 5.89. The van der Waals surface area contributed by atoms with Crippen LogP contribution in [0.4, 0.5) is 0 Å². The van der Waals surface area contributed by atoms with E-state index in [4.69, 9.17) is 28.4 Å². The molecule has 3 unspecified atom stereocenters. The van der Waals surface area contributed by atoms with E-state index in [0.717, 1.165) is 0 Å². The molecule has 11 atom stereocenters. The molecule has 7 aliphatic rings. The number of hydrogen-bond donors (Lipinski definition) is 4. The molecule has 224 valence electrons. The molecule has 7 fully saturated rings. The fourth-order valence-electron chi connectivity index (χ4n) is 7.68. The lowest BCUT2D eigenvalue weighted by Crippen LogP contribution is -2.80.